The minimum Gasteiger partial charge on any atom is -0.389 e. The third-order valence-electron chi connectivity index (χ3n) is 3.74. The van der Waals surface area contributed by atoms with Gasteiger partial charge in [0.1, 0.15) is 0 Å². The van der Waals surface area contributed by atoms with Crippen LogP contribution in [0.5, 0.6) is 0 Å². The zero-order valence-corrected chi connectivity index (χ0v) is 10.4. The van der Waals surface area contributed by atoms with Crippen molar-refractivity contribution in [3.63, 3.8) is 0 Å². The van der Waals surface area contributed by atoms with E-state index in [1.54, 1.807) is 4.90 Å². The van der Waals surface area contributed by atoms with Gasteiger partial charge in [-0.1, -0.05) is 19.3 Å². The van der Waals surface area contributed by atoms with E-state index in [1.807, 2.05) is 0 Å². The van der Waals surface area contributed by atoms with Gasteiger partial charge in [-0.3, -0.25) is 0 Å². The first-order valence-electron chi connectivity index (χ1n) is 6.66. The number of rotatable bonds is 5. The van der Waals surface area contributed by atoms with Crippen molar-refractivity contribution >= 4 is 6.03 Å². The van der Waals surface area contributed by atoms with Crippen LogP contribution in [-0.2, 0) is 0 Å². The van der Waals surface area contributed by atoms with Gasteiger partial charge in [-0.2, -0.15) is 0 Å². The van der Waals surface area contributed by atoms with Crippen molar-refractivity contribution in [2.45, 2.75) is 37.7 Å². The van der Waals surface area contributed by atoms with E-state index < -0.39 is 5.60 Å². The Morgan fingerprint density at radius 3 is 2.76 bits per heavy atom. The van der Waals surface area contributed by atoms with Crippen LogP contribution in [0.3, 0.4) is 0 Å². The molecule has 3 N–H and O–H groups in total. The van der Waals surface area contributed by atoms with E-state index in [4.69, 9.17) is 0 Å². The zero-order chi connectivity index (χ0) is 12.1. The Bertz CT molecular complexity index is 264. The van der Waals surface area contributed by atoms with Crippen LogP contribution in [0.25, 0.3) is 0 Å². The van der Waals surface area contributed by atoms with Crippen LogP contribution >= 0.6 is 0 Å². The summed E-state index contributed by atoms with van der Waals surface area (Å²) in [7, 11) is 0. The standard InChI is InChI=1S/C12H23N3O2/c16-11-14-7-9-15(11)8-6-13-10-12(17)4-2-1-3-5-12/h13,17H,1-10H2,(H,14,16). The highest BCUT2D eigenvalue weighted by Crippen LogP contribution is 2.27. The molecular weight excluding hydrogens is 218 g/mol. The minimum absolute atomic E-state index is 0.0307. The second kappa shape index (κ2) is 5.69. The summed E-state index contributed by atoms with van der Waals surface area (Å²) in [6.07, 6.45) is 5.32. The highest BCUT2D eigenvalue weighted by molar-refractivity contribution is 5.76. The number of hydrogen-bond donors (Lipinski definition) is 3. The molecule has 1 heterocycles. The second-order valence-electron chi connectivity index (χ2n) is 5.18. The maximum absolute atomic E-state index is 11.3. The van der Waals surface area contributed by atoms with Gasteiger partial charge in [0.15, 0.2) is 0 Å². The summed E-state index contributed by atoms with van der Waals surface area (Å²) < 4.78 is 0. The number of nitrogens with one attached hydrogen (secondary N) is 2. The lowest BCUT2D eigenvalue weighted by atomic mass is 9.85. The van der Waals surface area contributed by atoms with Crippen LogP contribution in [-0.4, -0.2) is 54.4 Å². The van der Waals surface area contributed by atoms with Gasteiger partial charge in [-0.05, 0) is 12.8 Å². The van der Waals surface area contributed by atoms with E-state index in [0.717, 1.165) is 51.9 Å². The molecule has 0 atom stereocenters. The van der Waals surface area contributed by atoms with Crippen LogP contribution in [0.4, 0.5) is 4.79 Å². The van der Waals surface area contributed by atoms with E-state index >= 15 is 0 Å². The summed E-state index contributed by atoms with van der Waals surface area (Å²) in [6.45, 7) is 3.69. The van der Waals surface area contributed by atoms with Gasteiger partial charge in [0, 0.05) is 32.7 Å². The Hall–Kier alpha value is -0.810. The van der Waals surface area contributed by atoms with Crippen molar-refractivity contribution in [2.24, 2.45) is 0 Å². The third-order valence-corrected chi connectivity index (χ3v) is 3.74. The molecule has 0 radical (unpaired) electrons. The molecule has 0 aromatic rings. The molecule has 2 fully saturated rings. The summed E-state index contributed by atoms with van der Waals surface area (Å²) in [5, 5.41) is 16.3. The molecule has 98 valence electrons. The minimum atomic E-state index is -0.508. The molecular formula is C12H23N3O2. The Morgan fingerprint density at radius 1 is 1.35 bits per heavy atom. The van der Waals surface area contributed by atoms with Crippen molar-refractivity contribution in [2.75, 3.05) is 32.7 Å². The molecule has 1 saturated carbocycles. The first-order valence-corrected chi connectivity index (χ1v) is 6.66. The molecule has 1 aliphatic carbocycles. The average Bonchev–Trinajstić information content (AvgIpc) is 2.72. The lowest BCUT2D eigenvalue weighted by Crippen LogP contribution is -2.44. The molecule has 1 aliphatic heterocycles. The molecule has 2 rings (SSSR count). The fourth-order valence-electron chi connectivity index (χ4n) is 2.65. The summed E-state index contributed by atoms with van der Waals surface area (Å²) in [5.74, 6) is 0. The molecule has 5 nitrogen and oxygen atoms in total. The molecule has 17 heavy (non-hydrogen) atoms. The number of carbonyl (C=O) groups is 1. The fraction of sp³-hybridized carbons (Fsp3) is 0.917. The molecule has 0 aromatic carbocycles. The normalized spacial score (nSPS) is 23.8. The molecule has 2 aliphatic rings. The summed E-state index contributed by atoms with van der Waals surface area (Å²) in [5.41, 5.74) is -0.508. The number of nitrogens with zero attached hydrogens (tertiary/aromatic N) is 1. The number of aliphatic hydroxyl groups is 1. The summed E-state index contributed by atoms with van der Waals surface area (Å²) >= 11 is 0. The van der Waals surface area contributed by atoms with Gasteiger partial charge >= 0.3 is 6.03 Å². The Kier molecular flexibility index (Phi) is 4.23. The highest BCUT2D eigenvalue weighted by Gasteiger charge is 2.28. The van der Waals surface area contributed by atoms with E-state index in [-0.39, 0.29) is 6.03 Å². The zero-order valence-electron chi connectivity index (χ0n) is 10.4. The maximum Gasteiger partial charge on any atom is 0.317 e. The first-order chi connectivity index (χ1) is 8.20. The molecule has 2 amide bonds. The lowest BCUT2D eigenvalue weighted by Gasteiger charge is -2.32. The number of hydrogen-bond acceptors (Lipinski definition) is 3. The monoisotopic (exact) mass is 241 g/mol. The molecule has 5 heteroatoms. The summed E-state index contributed by atoms with van der Waals surface area (Å²) in [4.78, 5) is 13.1. The Morgan fingerprint density at radius 2 is 2.12 bits per heavy atom. The van der Waals surface area contributed by atoms with Crippen LogP contribution in [0, 0.1) is 0 Å². The van der Waals surface area contributed by atoms with Gasteiger partial charge in [0.25, 0.3) is 0 Å². The Labute approximate surface area is 103 Å². The van der Waals surface area contributed by atoms with Crippen LogP contribution in [0.1, 0.15) is 32.1 Å². The van der Waals surface area contributed by atoms with Gasteiger partial charge in [-0.15, -0.1) is 0 Å². The fourth-order valence-corrected chi connectivity index (χ4v) is 2.65. The first kappa shape index (κ1) is 12.6. The molecule has 1 saturated heterocycles. The predicted octanol–water partition coefficient (Wildman–Crippen LogP) is 0.296. The van der Waals surface area contributed by atoms with Crippen LogP contribution in [0.2, 0.25) is 0 Å². The number of carbonyl (C=O) groups excluding carboxylic acids is 1. The average molecular weight is 241 g/mol. The van der Waals surface area contributed by atoms with Crippen molar-refractivity contribution in [1.82, 2.24) is 15.5 Å². The van der Waals surface area contributed by atoms with E-state index in [0.29, 0.717) is 6.54 Å². The van der Waals surface area contributed by atoms with Crippen LogP contribution in [0.15, 0.2) is 0 Å². The smallest absolute Gasteiger partial charge is 0.317 e. The maximum atomic E-state index is 11.3. The molecule has 0 spiro atoms. The van der Waals surface area contributed by atoms with Crippen molar-refractivity contribution in [3.05, 3.63) is 0 Å². The molecule has 0 bridgehead atoms. The predicted molar refractivity (Wildman–Crippen MR) is 65.9 cm³/mol. The van der Waals surface area contributed by atoms with Gasteiger partial charge in [0.2, 0.25) is 0 Å². The largest absolute Gasteiger partial charge is 0.389 e. The van der Waals surface area contributed by atoms with E-state index in [9.17, 15) is 9.90 Å². The lowest BCUT2D eigenvalue weighted by molar-refractivity contribution is 0.00492. The topological polar surface area (TPSA) is 64.6 Å². The summed E-state index contributed by atoms with van der Waals surface area (Å²) in [6, 6.07) is 0.0307. The van der Waals surface area contributed by atoms with Crippen molar-refractivity contribution in [3.8, 4) is 0 Å². The van der Waals surface area contributed by atoms with Gasteiger partial charge < -0.3 is 20.6 Å². The van der Waals surface area contributed by atoms with E-state index in [1.165, 1.54) is 6.42 Å². The van der Waals surface area contributed by atoms with E-state index in [2.05, 4.69) is 10.6 Å². The number of amides is 2. The third kappa shape index (κ3) is 3.57. The van der Waals surface area contributed by atoms with Crippen molar-refractivity contribution < 1.29 is 9.90 Å². The van der Waals surface area contributed by atoms with Crippen LogP contribution < -0.4 is 10.6 Å². The van der Waals surface area contributed by atoms with Gasteiger partial charge in [-0.25, -0.2) is 4.79 Å². The molecule has 0 aromatic heterocycles. The second-order valence-corrected chi connectivity index (χ2v) is 5.18. The quantitative estimate of drug-likeness (QED) is 0.606. The van der Waals surface area contributed by atoms with Crippen molar-refractivity contribution in [1.29, 1.82) is 0 Å². The molecule has 0 unspecified atom stereocenters. The Balaban J connectivity index is 1.60. The van der Waals surface area contributed by atoms with Gasteiger partial charge in [0.05, 0.1) is 5.60 Å². The number of urea groups is 1. The SMILES string of the molecule is O=C1NCCN1CCNCC1(O)CCCCC1. The highest BCUT2D eigenvalue weighted by atomic mass is 16.3.